The maximum Gasteiger partial charge on any atom is 0.309 e. The summed E-state index contributed by atoms with van der Waals surface area (Å²) in [5.41, 5.74) is 0.903. The summed E-state index contributed by atoms with van der Waals surface area (Å²) in [5, 5.41) is 11.1. The lowest BCUT2D eigenvalue weighted by Gasteiger charge is -2.09. The van der Waals surface area contributed by atoms with Gasteiger partial charge < -0.3 is 8.60 Å². The Kier molecular flexibility index (Phi) is 4.41. The number of nitro benzene ring substituents is 1. The number of aromatic nitrogens is 1. The molecule has 0 spiro atoms. The van der Waals surface area contributed by atoms with Crippen molar-refractivity contribution in [2.75, 3.05) is 5.75 Å². The quantitative estimate of drug-likeness (QED) is 0.374. The minimum Gasteiger partial charge on any atom is -0.436 e. The normalized spacial score (nSPS) is 11.6. The van der Waals surface area contributed by atoms with Crippen LogP contribution in [0.1, 0.15) is 13.3 Å². The Bertz CT molecular complexity index is 1010. The molecule has 0 amide bonds. The second-order valence-corrected chi connectivity index (χ2v) is 6.96. The number of non-ortho nitro benzene ring substituents is 1. The predicted molar refractivity (Wildman–Crippen MR) is 90.8 cm³/mol. The predicted octanol–water partition coefficient (Wildman–Crippen LogP) is 3.52. The van der Waals surface area contributed by atoms with Gasteiger partial charge in [0.1, 0.15) is 5.52 Å². The maximum absolute atomic E-state index is 12.0. The van der Waals surface area contributed by atoms with E-state index < -0.39 is 15.0 Å². The molecule has 0 bridgehead atoms. The van der Waals surface area contributed by atoms with Gasteiger partial charge in [-0.3, -0.25) is 10.1 Å². The summed E-state index contributed by atoms with van der Waals surface area (Å²) in [6.07, 6.45) is 0.382. The zero-order valence-corrected chi connectivity index (χ0v) is 14.0. The molecule has 25 heavy (non-hydrogen) atoms. The number of fused-ring (bicyclic) bond motifs is 1. The van der Waals surface area contributed by atoms with Crippen LogP contribution in [0.4, 0.5) is 5.69 Å². The Morgan fingerprint density at radius 3 is 2.68 bits per heavy atom. The molecule has 3 aromatic rings. The lowest BCUT2D eigenvalue weighted by atomic mass is 10.2. The molecule has 0 unspecified atom stereocenters. The summed E-state index contributed by atoms with van der Waals surface area (Å²) in [6.45, 7) is 1.71. The molecule has 0 atom stereocenters. The van der Waals surface area contributed by atoms with Gasteiger partial charge in [-0.2, -0.15) is 8.42 Å². The van der Waals surface area contributed by atoms with Crippen molar-refractivity contribution in [2.45, 2.75) is 13.3 Å². The molecule has 9 heteroatoms. The highest BCUT2D eigenvalue weighted by Crippen LogP contribution is 2.35. The first-order valence-electron chi connectivity index (χ1n) is 7.46. The number of hydrogen-bond donors (Lipinski definition) is 0. The fourth-order valence-electron chi connectivity index (χ4n) is 2.29. The van der Waals surface area contributed by atoms with Crippen molar-refractivity contribution < 1.29 is 21.9 Å². The van der Waals surface area contributed by atoms with Gasteiger partial charge in [-0.15, -0.1) is 0 Å². The highest BCUT2D eigenvalue weighted by atomic mass is 32.2. The zero-order valence-electron chi connectivity index (χ0n) is 13.2. The van der Waals surface area contributed by atoms with Gasteiger partial charge in [0.05, 0.1) is 16.2 Å². The first-order chi connectivity index (χ1) is 11.9. The Hall–Kier alpha value is -2.94. The van der Waals surface area contributed by atoms with E-state index in [9.17, 15) is 18.5 Å². The maximum atomic E-state index is 12.0. The van der Waals surface area contributed by atoms with E-state index in [-0.39, 0.29) is 28.6 Å². The fraction of sp³-hybridized carbons (Fsp3) is 0.188. The fourth-order valence-corrected chi connectivity index (χ4v) is 3.29. The summed E-state index contributed by atoms with van der Waals surface area (Å²) in [4.78, 5) is 14.7. The zero-order chi connectivity index (χ0) is 18.0. The van der Waals surface area contributed by atoms with E-state index in [1.807, 2.05) is 0 Å². The molecule has 0 aliphatic rings. The molecule has 2 aromatic carbocycles. The van der Waals surface area contributed by atoms with Crippen LogP contribution in [0.5, 0.6) is 5.75 Å². The van der Waals surface area contributed by atoms with E-state index in [1.165, 1.54) is 18.2 Å². The minimum atomic E-state index is -3.82. The van der Waals surface area contributed by atoms with Gasteiger partial charge in [0.2, 0.25) is 5.89 Å². The number of nitro groups is 1. The van der Waals surface area contributed by atoms with Crippen LogP contribution in [0.2, 0.25) is 0 Å². The molecule has 1 heterocycles. The van der Waals surface area contributed by atoms with Crippen LogP contribution in [-0.4, -0.2) is 24.1 Å². The van der Waals surface area contributed by atoms with Crippen molar-refractivity contribution in [3.8, 4) is 17.2 Å². The molecule has 1 aromatic heterocycles. The molecule has 0 aliphatic heterocycles. The van der Waals surface area contributed by atoms with E-state index in [0.717, 1.165) is 0 Å². The summed E-state index contributed by atoms with van der Waals surface area (Å²) < 4.78 is 34.6. The number of rotatable bonds is 6. The topological polar surface area (TPSA) is 113 Å². The average Bonchev–Trinajstić information content (AvgIpc) is 2.98. The lowest BCUT2D eigenvalue weighted by Crippen LogP contribution is -2.13. The summed E-state index contributed by atoms with van der Waals surface area (Å²) in [5.74, 6) is -0.186. The second-order valence-electron chi connectivity index (χ2n) is 5.27. The number of oxazole rings is 1. The molecule has 0 aliphatic carbocycles. The Balaban J connectivity index is 2.14. The lowest BCUT2D eigenvalue weighted by molar-refractivity contribution is -0.384. The molecule has 8 nitrogen and oxygen atoms in total. The van der Waals surface area contributed by atoms with Gasteiger partial charge in [0, 0.05) is 12.1 Å². The third-order valence-corrected chi connectivity index (χ3v) is 4.71. The summed E-state index contributed by atoms with van der Waals surface area (Å²) in [7, 11) is -3.82. The smallest absolute Gasteiger partial charge is 0.309 e. The molecule has 130 valence electrons. The van der Waals surface area contributed by atoms with Crippen molar-refractivity contribution >= 4 is 26.9 Å². The van der Waals surface area contributed by atoms with Gasteiger partial charge >= 0.3 is 10.1 Å². The third kappa shape index (κ3) is 3.61. The molecule has 0 saturated carbocycles. The molecule has 3 rings (SSSR count). The molecule has 0 radical (unpaired) electrons. The van der Waals surface area contributed by atoms with Gasteiger partial charge in [-0.1, -0.05) is 19.1 Å². The van der Waals surface area contributed by atoms with Crippen molar-refractivity contribution in [1.29, 1.82) is 0 Å². The van der Waals surface area contributed by atoms with Crippen molar-refractivity contribution in [2.24, 2.45) is 0 Å². The molecular formula is C16H14N2O6S. The number of para-hydroxylation sites is 2. The second kappa shape index (κ2) is 6.52. The van der Waals surface area contributed by atoms with Crippen LogP contribution in [-0.2, 0) is 10.1 Å². The van der Waals surface area contributed by atoms with E-state index in [1.54, 1.807) is 31.2 Å². The van der Waals surface area contributed by atoms with Gasteiger partial charge in [0.15, 0.2) is 11.3 Å². The van der Waals surface area contributed by atoms with Crippen LogP contribution in [0.15, 0.2) is 46.9 Å². The first kappa shape index (κ1) is 16.9. The monoisotopic (exact) mass is 362 g/mol. The largest absolute Gasteiger partial charge is 0.436 e. The summed E-state index contributed by atoms with van der Waals surface area (Å²) >= 11 is 0. The van der Waals surface area contributed by atoms with Crippen LogP contribution in [0, 0.1) is 10.1 Å². The molecule has 0 fully saturated rings. The van der Waals surface area contributed by atoms with E-state index >= 15 is 0 Å². The van der Waals surface area contributed by atoms with Gasteiger partial charge in [-0.25, -0.2) is 4.98 Å². The molecule has 0 N–H and O–H groups in total. The van der Waals surface area contributed by atoms with Crippen LogP contribution < -0.4 is 4.18 Å². The van der Waals surface area contributed by atoms with Crippen LogP contribution in [0.3, 0.4) is 0 Å². The molecule has 0 saturated heterocycles. The number of nitrogens with zero attached hydrogens (tertiary/aromatic N) is 2. The first-order valence-corrected chi connectivity index (χ1v) is 9.04. The summed E-state index contributed by atoms with van der Waals surface area (Å²) in [6, 6.07) is 10.5. The highest BCUT2D eigenvalue weighted by Gasteiger charge is 2.22. The Labute approximate surface area is 143 Å². The minimum absolute atomic E-state index is 0.0478. The van der Waals surface area contributed by atoms with Gasteiger partial charge in [0.25, 0.3) is 5.69 Å². The number of benzene rings is 2. The Morgan fingerprint density at radius 1 is 1.24 bits per heavy atom. The number of hydrogen-bond acceptors (Lipinski definition) is 7. The standard InChI is InChI=1S/C16H14N2O6S/c1-2-9-25(21,22)24-14-8-7-11(18(19)20)10-12(14)16-17-13-5-3-4-6-15(13)23-16/h3-8,10H,2,9H2,1H3. The van der Waals surface area contributed by atoms with Crippen LogP contribution in [0.25, 0.3) is 22.6 Å². The molecular weight excluding hydrogens is 348 g/mol. The van der Waals surface area contributed by atoms with Crippen molar-refractivity contribution in [3.05, 3.63) is 52.6 Å². The Morgan fingerprint density at radius 2 is 2.00 bits per heavy atom. The van der Waals surface area contributed by atoms with Gasteiger partial charge in [-0.05, 0) is 24.6 Å². The van der Waals surface area contributed by atoms with E-state index in [2.05, 4.69) is 4.98 Å². The van der Waals surface area contributed by atoms with Crippen molar-refractivity contribution in [3.63, 3.8) is 0 Å². The highest BCUT2D eigenvalue weighted by molar-refractivity contribution is 7.87. The third-order valence-electron chi connectivity index (χ3n) is 3.37. The average molecular weight is 362 g/mol. The van der Waals surface area contributed by atoms with E-state index in [0.29, 0.717) is 17.5 Å². The SMILES string of the molecule is CCCS(=O)(=O)Oc1ccc([N+](=O)[O-])cc1-c1nc2ccccc2o1. The van der Waals surface area contributed by atoms with Crippen molar-refractivity contribution in [1.82, 2.24) is 4.98 Å². The van der Waals surface area contributed by atoms with Crippen LogP contribution >= 0.6 is 0 Å². The van der Waals surface area contributed by atoms with E-state index in [4.69, 9.17) is 8.60 Å².